The number of hydrogen-bond donors (Lipinski definition) is 0. The van der Waals surface area contributed by atoms with E-state index in [1.54, 1.807) is 12.1 Å². The van der Waals surface area contributed by atoms with E-state index < -0.39 is 11.5 Å². The Balaban J connectivity index is 1.96. The molecular weight excluding hydrogens is 262 g/mol. The molecule has 0 spiro atoms. The maximum absolute atomic E-state index is 13.1. The molecule has 0 bridgehead atoms. The van der Waals surface area contributed by atoms with Gasteiger partial charge in [0.05, 0.1) is 11.8 Å². The van der Waals surface area contributed by atoms with Gasteiger partial charge in [0.1, 0.15) is 5.75 Å². The van der Waals surface area contributed by atoms with Crippen molar-refractivity contribution in [3.63, 3.8) is 0 Å². The molecule has 1 aliphatic carbocycles. The van der Waals surface area contributed by atoms with E-state index >= 15 is 0 Å². The van der Waals surface area contributed by atoms with Gasteiger partial charge in [0.15, 0.2) is 0 Å². The average Bonchev–Trinajstić information content (AvgIpc) is 3.08. The van der Waals surface area contributed by atoms with Crippen molar-refractivity contribution in [3.8, 4) is 5.75 Å². The highest BCUT2D eigenvalue weighted by molar-refractivity contribution is 6.66. The summed E-state index contributed by atoms with van der Waals surface area (Å²) in [5, 5.41) is -0.371. The van der Waals surface area contributed by atoms with Crippen LogP contribution in [0.15, 0.2) is 18.2 Å². The SMILES string of the molecule is O=C(Cl)C1(c2ccc3c(c2)CCC(F)(F)O3)CC1. The maximum Gasteiger partial charge on any atom is 0.398 e. The Bertz CT molecular complexity index is 524. The summed E-state index contributed by atoms with van der Waals surface area (Å²) in [7, 11) is 0. The summed E-state index contributed by atoms with van der Waals surface area (Å²) in [5.74, 6) is 0.202. The Morgan fingerprint density at radius 1 is 1.28 bits per heavy atom. The summed E-state index contributed by atoms with van der Waals surface area (Å²) in [5.41, 5.74) is 0.953. The van der Waals surface area contributed by atoms with E-state index in [1.807, 2.05) is 0 Å². The molecule has 5 heteroatoms. The number of rotatable bonds is 2. The van der Waals surface area contributed by atoms with Gasteiger partial charge in [-0.1, -0.05) is 12.1 Å². The van der Waals surface area contributed by atoms with Crippen molar-refractivity contribution in [2.24, 2.45) is 0 Å². The van der Waals surface area contributed by atoms with Crippen LogP contribution < -0.4 is 4.74 Å². The second kappa shape index (κ2) is 3.67. The van der Waals surface area contributed by atoms with Crippen molar-refractivity contribution >= 4 is 16.8 Å². The van der Waals surface area contributed by atoms with Crippen LogP contribution in [0, 0.1) is 0 Å². The van der Waals surface area contributed by atoms with Crippen molar-refractivity contribution < 1.29 is 18.3 Å². The monoisotopic (exact) mass is 272 g/mol. The van der Waals surface area contributed by atoms with Gasteiger partial charge in [-0.2, -0.15) is 8.78 Å². The van der Waals surface area contributed by atoms with E-state index in [2.05, 4.69) is 4.74 Å². The summed E-state index contributed by atoms with van der Waals surface area (Å²) in [6, 6.07) is 4.95. The number of hydrogen-bond acceptors (Lipinski definition) is 2. The highest BCUT2D eigenvalue weighted by Crippen LogP contribution is 2.51. The highest BCUT2D eigenvalue weighted by Gasteiger charge is 2.50. The molecule has 0 amide bonds. The van der Waals surface area contributed by atoms with Crippen molar-refractivity contribution in [1.82, 2.24) is 0 Å². The molecule has 1 aliphatic heterocycles. The van der Waals surface area contributed by atoms with E-state index in [-0.39, 0.29) is 23.8 Å². The fourth-order valence-corrected chi connectivity index (χ4v) is 2.69. The van der Waals surface area contributed by atoms with Gasteiger partial charge in [-0.25, -0.2) is 0 Å². The second-order valence-electron chi connectivity index (χ2n) is 4.92. The zero-order valence-corrected chi connectivity index (χ0v) is 10.3. The van der Waals surface area contributed by atoms with E-state index in [0.717, 1.165) is 24.0 Å². The molecule has 0 unspecified atom stereocenters. The van der Waals surface area contributed by atoms with Gasteiger partial charge in [-0.15, -0.1) is 0 Å². The smallest absolute Gasteiger partial charge is 0.398 e. The van der Waals surface area contributed by atoms with Gasteiger partial charge in [0.2, 0.25) is 5.24 Å². The molecule has 3 rings (SSSR count). The second-order valence-corrected chi connectivity index (χ2v) is 5.26. The minimum Gasteiger partial charge on any atom is -0.432 e. The lowest BCUT2D eigenvalue weighted by Gasteiger charge is -2.26. The van der Waals surface area contributed by atoms with Gasteiger partial charge >= 0.3 is 6.11 Å². The van der Waals surface area contributed by atoms with Crippen molar-refractivity contribution in [1.29, 1.82) is 0 Å². The van der Waals surface area contributed by atoms with Crippen molar-refractivity contribution in [2.75, 3.05) is 0 Å². The minimum absolute atomic E-state index is 0.202. The number of aryl methyl sites for hydroxylation is 1. The Morgan fingerprint density at radius 2 is 2.00 bits per heavy atom. The molecule has 2 aliphatic rings. The van der Waals surface area contributed by atoms with Crippen LogP contribution >= 0.6 is 11.6 Å². The molecule has 1 aromatic carbocycles. The summed E-state index contributed by atoms with van der Waals surface area (Å²) in [6.07, 6.45) is -1.71. The first-order valence-electron chi connectivity index (χ1n) is 5.83. The molecule has 96 valence electrons. The average molecular weight is 273 g/mol. The van der Waals surface area contributed by atoms with Crippen LogP contribution in [0.25, 0.3) is 0 Å². The van der Waals surface area contributed by atoms with Gasteiger partial charge in [-0.05, 0) is 48.1 Å². The van der Waals surface area contributed by atoms with Crippen molar-refractivity contribution in [2.45, 2.75) is 37.2 Å². The summed E-state index contributed by atoms with van der Waals surface area (Å²) >= 11 is 5.60. The lowest BCUT2D eigenvalue weighted by molar-refractivity contribution is -0.187. The van der Waals surface area contributed by atoms with Gasteiger partial charge in [0, 0.05) is 0 Å². The summed E-state index contributed by atoms with van der Waals surface area (Å²) in [4.78, 5) is 11.4. The predicted molar refractivity (Wildman–Crippen MR) is 62.1 cm³/mol. The minimum atomic E-state index is -3.09. The molecule has 2 nitrogen and oxygen atoms in total. The number of ether oxygens (including phenoxy) is 1. The lowest BCUT2D eigenvalue weighted by Crippen LogP contribution is -2.29. The third-order valence-corrected chi connectivity index (χ3v) is 4.05. The third kappa shape index (κ3) is 1.79. The number of carbonyl (C=O) groups is 1. The van der Waals surface area contributed by atoms with Crippen LogP contribution in [0.1, 0.15) is 30.4 Å². The number of fused-ring (bicyclic) bond motifs is 1. The number of halogens is 3. The quantitative estimate of drug-likeness (QED) is 0.771. The first-order valence-corrected chi connectivity index (χ1v) is 6.21. The largest absolute Gasteiger partial charge is 0.432 e. The summed E-state index contributed by atoms with van der Waals surface area (Å²) < 4.78 is 30.7. The maximum atomic E-state index is 13.1. The van der Waals surface area contributed by atoms with Gasteiger partial charge in [0.25, 0.3) is 0 Å². The topological polar surface area (TPSA) is 26.3 Å². The molecule has 18 heavy (non-hydrogen) atoms. The molecule has 0 N–H and O–H groups in total. The molecule has 0 radical (unpaired) electrons. The van der Waals surface area contributed by atoms with Crippen LogP contribution in [0.5, 0.6) is 5.75 Å². The van der Waals surface area contributed by atoms with Crippen LogP contribution in [0.4, 0.5) is 8.78 Å². The normalized spacial score (nSPS) is 22.8. The molecule has 1 heterocycles. The molecular formula is C13H11ClF2O2. The number of benzene rings is 1. The Labute approximate surface area is 108 Å². The first kappa shape index (κ1) is 11.9. The number of alkyl halides is 2. The van der Waals surface area contributed by atoms with Crippen LogP contribution in [0.3, 0.4) is 0 Å². The third-order valence-electron chi connectivity index (χ3n) is 3.68. The molecule has 0 saturated heterocycles. The van der Waals surface area contributed by atoms with Crippen LogP contribution in [-0.2, 0) is 16.6 Å². The van der Waals surface area contributed by atoms with Crippen molar-refractivity contribution in [3.05, 3.63) is 29.3 Å². The Morgan fingerprint density at radius 3 is 2.61 bits per heavy atom. The summed E-state index contributed by atoms with van der Waals surface area (Å²) in [6.45, 7) is 0. The molecule has 1 aromatic rings. The zero-order chi connectivity index (χ0) is 13.0. The standard InChI is InChI=1S/C13H11ClF2O2/c14-11(17)12(5-6-12)9-1-2-10-8(7-9)3-4-13(15,16)18-10/h1-2,7H,3-6H2. The lowest BCUT2D eigenvalue weighted by atomic mass is 9.93. The van der Waals surface area contributed by atoms with Crippen LogP contribution in [0.2, 0.25) is 0 Å². The zero-order valence-electron chi connectivity index (χ0n) is 9.51. The molecule has 0 aromatic heterocycles. The van der Waals surface area contributed by atoms with E-state index in [4.69, 9.17) is 11.6 Å². The van der Waals surface area contributed by atoms with Gasteiger partial charge < -0.3 is 4.74 Å². The molecule has 1 fully saturated rings. The first-order chi connectivity index (χ1) is 8.43. The fraction of sp³-hybridized carbons (Fsp3) is 0.462. The fourth-order valence-electron chi connectivity index (χ4n) is 2.39. The van der Waals surface area contributed by atoms with E-state index in [9.17, 15) is 13.6 Å². The Kier molecular flexibility index (Phi) is 2.43. The van der Waals surface area contributed by atoms with Crippen LogP contribution in [-0.4, -0.2) is 11.4 Å². The number of carbonyl (C=O) groups excluding carboxylic acids is 1. The van der Waals surface area contributed by atoms with E-state index in [0.29, 0.717) is 0 Å². The molecule has 1 saturated carbocycles. The highest BCUT2D eigenvalue weighted by atomic mass is 35.5. The predicted octanol–water partition coefficient (Wildman–Crippen LogP) is 3.40. The molecule has 0 atom stereocenters. The Hall–Kier alpha value is -1.16. The van der Waals surface area contributed by atoms with E-state index in [1.165, 1.54) is 6.07 Å². The van der Waals surface area contributed by atoms with Gasteiger partial charge in [-0.3, -0.25) is 4.79 Å².